The third-order valence-electron chi connectivity index (χ3n) is 2.77. The van der Waals surface area contributed by atoms with E-state index in [1.54, 1.807) is 4.90 Å². The second kappa shape index (κ2) is 6.56. The molecule has 0 bridgehead atoms. The number of hydrogen-bond acceptors (Lipinski definition) is 5. The Hall–Kier alpha value is -1.56. The molecule has 19 heavy (non-hydrogen) atoms. The summed E-state index contributed by atoms with van der Waals surface area (Å²) < 4.78 is 0. The number of likely N-dealkylation sites (N-methyl/N-ethyl adjacent to an activating group) is 1. The summed E-state index contributed by atoms with van der Waals surface area (Å²) in [6, 6.07) is 0. The van der Waals surface area contributed by atoms with Crippen molar-refractivity contribution < 1.29 is 4.79 Å². The van der Waals surface area contributed by atoms with Gasteiger partial charge in [-0.05, 0) is 20.8 Å². The molecule has 0 aliphatic carbocycles. The number of nitrogens with zero attached hydrogens (tertiary/aromatic N) is 3. The van der Waals surface area contributed by atoms with Gasteiger partial charge in [0.2, 0.25) is 0 Å². The van der Waals surface area contributed by atoms with Gasteiger partial charge in [-0.1, -0.05) is 23.5 Å². The minimum atomic E-state index is -0.0729. The fraction of sp³-hybridized carbons (Fsp3) is 0.538. The molecule has 0 aliphatic rings. The molecule has 1 rings (SSSR count). The molecular formula is C13H22N4OS. The summed E-state index contributed by atoms with van der Waals surface area (Å²) in [6.07, 6.45) is 0. The number of nitrogen functional groups attached to an aromatic ring is 1. The lowest BCUT2D eigenvalue weighted by Crippen LogP contribution is -2.32. The third-order valence-corrected chi connectivity index (χ3v) is 3.94. The monoisotopic (exact) mass is 282 g/mol. The molecule has 0 radical (unpaired) electrons. The molecule has 2 N–H and O–H groups in total. The van der Waals surface area contributed by atoms with Crippen LogP contribution in [0.5, 0.6) is 0 Å². The van der Waals surface area contributed by atoms with Gasteiger partial charge in [0.15, 0.2) is 5.13 Å². The molecule has 5 nitrogen and oxygen atoms in total. The molecule has 0 unspecified atom stereocenters. The first-order valence-electron chi connectivity index (χ1n) is 6.31. The van der Waals surface area contributed by atoms with Crippen molar-refractivity contribution in [3.05, 3.63) is 17.0 Å². The van der Waals surface area contributed by atoms with Crippen molar-refractivity contribution in [2.75, 3.05) is 37.3 Å². The molecule has 1 amide bonds. The van der Waals surface area contributed by atoms with Gasteiger partial charge in [0.25, 0.3) is 5.91 Å². The van der Waals surface area contributed by atoms with E-state index in [-0.39, 0.29) is 5.91 Å². The normalized spacial score (nSPS) is 10.3. The lowest BCUT2D eigenvalue weighted by atomic mass is 10.3. The molecule has 1 aromatic heterocycles. The number of rotatable bonds is 6. The van der Waals surface area contributed by atoms with Crippen molar-refractivity contribution >= 4 is 28.2 Å². The summed E-state index contributed by atoms with van der Waals surface area (Å²) in [5, 5.41) is 0.773. The Morgan fingerprint density at radius 2 is 2.05 bits per heavy atom. The van der Waals surface area contributed by atoms with Crippen molar-refractivity contribution in [3.63, 3.8) is 0 Å². The Bertz CT molecular complexity index is 469. The van der Waals surface area contributed by atoms with Gasteiger partial charge < -0.3 is 15.5 Å². The number of thiazole rings is 1. The van der Waals surface area contributed by atoms with E-state index in [9.17, 15) is 4.79 Å². The Labute approximate surface area is 118 Å². The van der Waals surface area contributed by atoms with Gasteiger partial charge in [0.1, 0.15) is 10.7 Å². The van der Waals surface area contributed by atoms with Crippen LogP contribution in [0.3, 0.4) is 0 Å². The van der Waals surface area contributed by atoms with Crippen molar-refractivity contribution in [2.45, 2.75) is 20.8 Å². The second-order valence-electron chi connectivity index (χ2n) is 4.50. The van der Waals surface area contributed by atoms with E-state index in [1.165, 1.54) is 11.3 Å². The van der Waals surface area contributed by atoms with Gasteiger partial charge >= 0.3 is 0 Å². The highest BCUT2D eigenvalue weighted by atomic mass is 32.1. The maximum atomic E-state index is 12.4. The predicted molar refractivity (Wildman–Crippen MR) is 81.9 cm³/mol. The molecule has 0 saturated heterocycles. The highest BCUT2D eigenvalue weighted by Crippen LogP contribution is 2.28. The number of hydrogen-bond donors (Lipinski definition) is 1. The predicted octanol–water partition coefficient (Wildman–Crippen LogP) is 2.22. The fourth-order valence-electron chi connectivity index (χ4n) is 1.57. The minimum Gasteiger partial charge on any atom is -0.382 e. The first-order valence-corrected chi connectivity index (χ1v) is 7.13. The Kier molecular flexibility index (Phi) is 5.35. The summed E-state index contributed by atoms with van der Waals surface area (Å²) in [7, 11) is 1.93. The van der Waals surface area contributed by atoms with Crippen LogP contribution in [0.15, 0.2) is 12.2 Å². The summed E-state index contributed by atoms with van der Waals surface area (Å²) in [4.78, 5) is 20.9. The van der Waals surface area contributed by atoms with Crippen LogP contribution in [0, 0.1) is 0 Å². The van der Waals surface area contributed by atoms with Gasteiger partial charge in [-0.25, -0.2) is 4.98 Å². The Balaban J connectivity index is 2.98. The molecular weight excluding hydrogens is 260 g/mol. The molecule has 0 spiro atoms. The Morgan fingerprint density at radius 3 is 2.53 bits per heavy atom. The number of carbonyl (C=O) groups is 1. The highest BCUT2D eigenvalue weighted by molar-refractivity contribution is 7.18. The lowest BCUT2D eigenvalue weighted by molar-refractivity contribution is 0.0784. The maximum Gasteiger partial charge on any atom is 0.268 e. The van der Waals surface area contributed by atoms with Crippen LogP contribution in [0.25, 0.3) is 0 Å². The van der Waals surface area contributed by atoms with E-state index < -0.39 is 0 Å². The van der Waals surface area contributed by atoms with E-state index in [0.29, 0.717) is 23.8 Å². The van der Waals surface area contributed by atoms with Gasteiger partial charge in [0, 0.05) is 26.7 Å². The molecule has 0 aliphatic heterocycles. The number of carbonyl (C=O) groups excluding carboxylic acids is 1. The minimum absolute atomic E-state index is 0.0729. The topological polar surface area (TPSA) is 62.5 Å². The zero-order valence-corrected chi connectivity index (χ0v) is 12.9. The smallest absolute Gasteiger partial charge is 0.268 e. The van der Waals surface area contributed by atoms with E-state index in [0.717, 1.165) is 17.2 Å². The van der Waals surface area contributed by atoms with E-state index in [4.69, 9.17) is 5.73 Å². The Morgan fingerprint density at radius 1 is 1.42 bits per heavy atom. The van der Waals surface area contributed by atoms with Crippen LogP contribution < -0.4 is 10.6 Å². The van der Waals surface area contributed by atoms with Crippen LogP contribution in [0.1, 0.15) is 30.4 Å². The van der Waals surface area contributed by atoms with Crippen LogP contribution in [0.2, 0.25) is 0 Å². The van der Waals surface area contributed by atoms with Crippen LogP contribution in [0.4, 0.5) is 10.9 Å². The molecule has 1 aromatic rings. The largest absolute Gasteiger partial charge is 0.382 e. The number of amides is 1. The summed E-state index contributed by atoms with van der Waals surface area (Å²) in [6.45, 7) is 11.7. The van der Waals surface area contributed by atoms with Gasteiger partial charge in [-0.15, -0.1) is 0 Å². The maximum absolute atomic E-state index is 12.4. The average Bonchev–Trinajstić information content (AvgIpc) is 2.76. The van der Waals surface area contributed by atoms with E-state index in [2.05, 4.69) is 11.6 Å². The van der Waals surface area contributed by atoms with Crippen LogP contribution in [-0.4, -0.2) is 42.5 Å². The zero-order chi connectivity index (χ0) is 14.6. The van der Waals surface area contributed by atoms with Crippen molar-refractivity contribution in [1.29, 1.82) is 0 Å². The van der Waals surface area contributed by atoms with Gasteiger partial charge in [-0.3, -0.25) is 4.79 Å². The van der Waals surface area contributed by atoms with E-state index in [1.807, 2.05) is 32.7 Å². The zero-order valence-electron chi connectivity index (χ0n) is 12.1. The van der Waals surface area contributed by atoms with Gasteiger partial charge in [-0.2, -0.15) is 0 Å². The molecule has 0 atom stereocenters. The summed E-state index contributed by atoms with van der Waals surface area (Å²) in [5.74, 6) is 0.238. The quantitative estimate of drug-likeness (QED) is 0.813. The number of anilines is 2. The highest BCUT2D eigenvalue weighted by Gasteiger charge is 2.22. The molecule has 0 fully saturated rings. The second-order valence-corrected chi connectivity index (χ2v) is 5.48. The first-order chi connectivity index (χ1) is 8.90. The fourth-order valence-corrected chi connectivity index (χ4v) is 2.55. The molecule has 1 heterocycles. The van der Waals surface area contributed by atoms with Gasteiger partial charge in [0.05, 0.1) is 0 Å². The molecule has 0 saturated carbocycles. The van der Waals surface area contributed by atoms with Crippen molar-refractivity contribution in [1.82, 2.24) is 9.88 Å². The lowest BCUT2D eigenvalue weighted by Gasteiger charge is -2.20. The number of aromatic nitrogens is 1. The molecule has 0 aromatic carbocycles. The third kappa shape index (κ3) is 3.70. The number of nitrogens with two attached hydrogens (primary N) is 1. The molecule has 106 valence electrons. The van der Waals surface area contributed by atoms with Crippen molar-refractivity contribution in [3.8, 4) is 0 Å². The average molecular weight is 282 g/mol. The van der Waals surface area contributed by atoms with E-state index >= 15 is 0 Å². The molecule has 6 heteroatoms. The summed E-state index contributed by atoms with van der Waals surface area (Å²) >= 11 is 1.34. The SMILES string of the molecule is C=C(C)CN(CC)C(=O)c1sc(N(C)CC)nc1N. The first kappa shape index (κ1) is 15.5. The standard InChI is InChI=1S/C13H22N4OS/c1-6-16(5)13-15-11(14)10(19-13)12(18)17(7-2)8-9(3)4/h3,6-8,14H2,1-2,4-5H3. The van der Waals surface area contributed by atoms with Crippen LogP contribution in [-0.2, 0) is 0 Å². The van der Waals surface area contributed by atoms with Crippen LogP contribution >= 0.6 is 11.3 Å². The van der Waals surface area contributed by atoms with Crippen molar-refractivity contribution in [2.24, 2.45) is 0 Å². The summed E-state index contributed by atoms with van der Waals surface area (Å²) in [5.41, 5.74) is 6.81.